The van der Waals surface area contributed by atoms with E-state index in [1.54, 1.807) is 7.11 Å². The van der Waals surface area contributed by atoms with Crippen molar-refractivity contribution in [2.24, 2.45) is 10.9 Å². The molecule has 152 valence electrons. The predicted molar refractivity (Wildman–Crippen MR) is 111 cm³/mol. The third kappa shape index (κ3) is 7.39. The van der Waals surface area contributed by atoms with E-state index >= 15 is 0 Å². The first-order valence-electron chi connectivity index (χ1n) is 10.0. The second kappa shape index (κ2) is 11.8. The van der Waals surface area contributed by atoms with E-state index in [2.05, 4.69) is 39.3 Å². The van der Waals surface area contributed by atoms with Crippen LogP contribution in [0.5, 0.6) is 5.75 Å². The lowest BCUT2D eigenvalue weighted by Crippen LogP contribution is -2.43. The number of likely N-dealkylation sites (tertiary alicyclic amines) is 1. The van der Waals surface area contributed by atoms with Gasteiger partial charge in [-0.15, -0.1) is 0 Å². The highest BCUT2D eigenvalue weighted by Crippen LogP contribution is 2.16. The van der Waals surface area contributed by atoms with E-state index < -0.39 is 0 Å². The Morgan fingerprint density at radius 2 is 1.96 bits per heavy atom. The molecule has 0 aromatic heterocycles. The van der Waals surface area contributed by atoms with Gasteiger partial charge in [-0.1, -0.05) is 12.1 Å². The lowest BCUT2D eigenvalue weighted by Gasteiger charge is -2.32. The highest BCUT2D eigenvalue weighted by atomic mass is 16.5. The Balaban J connectivity index is 1.74. The third-order valence-electron chi connectivity index (χ3n) is 5.10. The molecular weight excluding hydrogens is 340 g/mol. The summed E-state index contributed by atoms with van der Waals surface area (Å²) in [4.78, 5) is 9.11. The summed E-state index contributed by atoms with van der Waals surface area (Å²) < 4.78 is 10.7. The highest BCUT2D eigenvalue weighted by molar-refractivity contribution is 5.79. The second-order valence-corrected chi connectivity index (χ2v) is 7.14. The Morgan fingerprint density at radius 1 is 1.26 bits per heavy atom. The predicted octanol–water partition coefficient (Wildman–Crippen LogP) is 2.45. The van der Waals surface area contributed by atoms with Gasteiger partial charge in [-0.05, 0) is 56.5 Å². The Labute approximate surface area is 164 Å². The summed E-state index contributed by atoms with van der Waals surface area (Å²) in [6.45, 7) is 8.70. The van der Waals surface area contributed by atoms with Gasteiger partial charge < -0.3 is 24.6 Å². The van der Waals surface area contributed by atoms with Crippen LogP contribution in [0.2, 0.25) is 0 Å². The average Bonchev–Trinajstić information content (AvgIpc) is 2.69. The standard InChI is InChI=1S/C21H36N4O2/c1-5-27-20-8-6-19(7-9-20)17-24(3)21(22-2)23-16-18-10-12-25(13-11-18)14-15-26-4/h6-9,18H,5,10-17H2,1-4H3,(H,22,23). The Bertz CT molecular complexity index is 554. The van der Waals surface area contributed by atoms with Crippen molar-refractivity contribution in [2.75, 3.05) is 60.6 Å². The summed E-state index contributed by atoms with van der Waals surface area (Å²) in [5.74, 6) is 2.58. The van der Waals surface area contributed by atoms with Gasteiger partial charge in [0.25, 0.3) is 0 Å². The molecule has 0 aliphatic carbocycles. The minimum absolute atomic E-state index is 0.696. The summed E-state index contributed by atoms with van der Waals surface area (Å²) in [5.41, 5.74) is 1.25. The first-order chi connectivity index (χ1) is 13.2. The molecule has 2 rings (SSSR count). The Morgan fingerprint density at radius 3 is 2.56 bits per heavy atom. The molecule has 1 fully saturated rings. The molecule has 6 nitrogen and oxygen atoms in total. The lowest BCUT2D eigenvalue weighted by atomic mass is 9.97. The maximum absolute atomic E-state index is 5.51. The summed E-state index contributed by atoms with van der Waals surface area (Å²) in [6, 6.07) is 8.29. The fourth-order valence-corrected chi connectivity index (χ4v) is 3.46. The zero-order chi connectivity index (χ0) is 19.5. The number of rotatable bonds is 9. The maximum Gasteiger partial charge on any atom is 0.193 e. The number of nitrogens with zero attached hydrogens (tertiary/aromatic N) is 3. The van der Waals surface area contributed by atoms with Crippen LogP contribution in [-0.4, -0.2) is 76.4 Å². The fraction of sp³-hybridized carbons (Fsp3) is 0.667. The number of methoxy groups -OCH3 is 1. The smallest absolute Gasteiger partial charge is 0.193 e. The van der Waals surface area contributed by atoms with Crippen LogP contribution < -0.4 is 10.1 Å². The van der Waals surface area contributed by atoms with Crippen molar-refractivity contribution >= 4 is 5.96 Å². The quantitative estimate of drug-likeness (QED) is 0.530. The molecule has 6 heteroatoms. The second-order valence-electron chi connectivity index (χ2n) is 7.14. The van der Waals surface area contributed by atoms with Gasteiger partial charge in [0.05, 0.1) is 13.2 Å². The molecule has 1 N–H and O–H groups in total. The van der Waals surface area contributed by atoms with Crippen molar-refractivity contribution in [1.29, 1.82) is 0 Å². The third-order valence-corrected chi connectivity index (χ3v) is 5.10. The van der Waals surface area contributed by atoms with Crippen molar-refractivity contribution in [3.05, 3.63) is 29.8 Å². The minimum Gasteiger partial charge on any atom is -0.494 e. The van der Waals surface area contributed by atoms with Crippen LogP contribution in [-0.2, 0) is 11.3 Å². The monoisotopic (exact) mass is 376 g/mol. The van der Waals surface area contributed by atoms with Crippen LogP contribution in [0.15, 0.2) is 29.3 Å². The van der Waals surface area contributed by atoms with Gasteiger partial charge in [0.15, 0.2) is 5.96 Å². The molecule has 0 saturated carbocycles. The average molecular weight is 377 g/mol. The molecule has 1 heterocycles. The lowest BCUT2D eigenvalue weighted by molar-refractivity contribution is 0.120. The molecule has 0 amide bonds. The molecule has 27 heavy (non-hydrogen) atoms. The molecule has 0 atom stereocenters. The van der Waals surface area contributed by atoms with E-state index in [-0.39, 0.29) is 0 Å². The van der Waals surface area contributed by atoms with E-state index in [1.165, 1.54) is 18.4 Å². The molecule has 0 bridgehead atoms. The van der Waals surface area contributed by atoms with E-state index in [9.17, 15) is 0 Å². The van der Waals surface area contributed by atoms with Gasteiger partial charge in [0, 0.05) is 40.8 Å². The number of aliphatic imine (C=N–C) groups is 1. The van der Waals surface area contributed by atoms with E-state index in [4.69, 9.17) is 9.47 Å². The number of benzene rings is 1. The number of ether oxygens (including phenoxy) is 2. The van der Waals surface area contributed by atoms with Crippen LogP contribution >= 0.6 is 0 Å². The van der Waals surface area contributed by atoms with E-state index in [1.807, 2.05) is 26.1 Å². The first-order valence-corrected chi connectivity index (χ1v) is 10.0. The van der Waals surface area contributed by atoms with Gasteiger partial charge in [0.2, 0.25) is 0 Å². The molecule has 1 aliphatic heterocycles. The number of hydrogen-bond acceptors (Lipinski definition) is 4. The van der Waals surface area contributed by atoms with E-state index in [0.717, 1.165) is 51.0 Å². The number of nitrogens with one attached hydrogen (secondary N) is 1. The summed E-state index contributed by atoms with van der Waals surface area (Å²) in [7, 11) is 5.70. The van der Waals surface area contributed by atoms with Crippen LogP contribution in [0.3, 0.4) is 0 Å². The zero-order valence-corrected chi connectivity index (χ0v) is 17.4. The topological polar surface area (TPSA) is 49.3 Å². The molecule has 0 unspecified atom stereocenters. The van der Waals surface area contributed by atoms with Crippen LogP contribution in [0.1, 0.15) is 25.3 Å². The van der Waals surface area contributed by atoms with Crippen LogP contribution in [0.4, 0.5) is 0 Å². The minimum atomic E-state index is 0.696. The number of guanidine groups is 1. The van der Waals surface area contributed by atoms with Crippen molar-refractivity contribution < 1.29 is 9.47 Å². The summed E-state index contributed by atoms with van der Waals surface area (Å²) >= 11 is 0. The van der Waals surface area contributed by atoms with Crippen molar-refractivity contribution in [3.8, 4) is 5.75 Å². The van der Waals surface area contributed by atoms with Crippen molar-refractivity contribution in [3.63, 3.8) is 0 Å². The summed E-state index contributed by atoms with van der Waals surface area (Å²) in [5, 5.41) is 3.56. The van der Waals surface area contributed by atoms with Crippen LogP contribution in [0.25, 0.3) is 0 Å². The number of piperidine rings is 1. The molecule has 1 saturated heterocycles. The van der Waals surface area contributed by atoms with Gasteiger partial charge in [0.1, 0.15) is 5.75 Å². The molecule has 0 radical (unpaired) electrons. The molecule has 1 aliphatic rings. The van der Waals surface area contributed by atoms with Gasteiger partial charge in [-0.25, -0.2) is 0 Å². The fourth-order valence-electron chi connectivity index (χ4n) is 3.46. The SMILES string of the molecule is CCOc1ccc(CN(C)C(=NC)NCC2CCN(CCOC)CC2)cc1. The van der Waals surface area contributed by atoms with Gasteiger partial charge >= 0.3 is 0 Å². The maximum atomic E-state index is 5.51. The van der Waals surface area contributed by atoms with Gasteiger partial charge in [-0.2, -0.15) is 0 Å². The van der Waals surface area contributed by atoms with Crippen LogP contribution in [0, 0.1) is 5.92 Å². The number of hydrogen-bond donors (Lipinski definition) is 1. The van der Waals surface area contributed by atoms with Gasteiger partial charge in [-0.3, -0.25) is 4.99 Å². The summed E-state index contributed by atoms with van der Waals surface area (Å²) in [6.07, 6.45) is 2.46. The Kier molecular flexibility index (Phi) is 9.42. The normalized spacial score (nSPS) is 16.4. The van der Waals surface area contributed by atoms with Crippen molar-refractivity contribution in [1.82, 2.24) is 15.1 Å². The zero-order valence-electron chi connectivity index (χ0n) is 17.4. The Hall–Kier alpha value is -1.79. The molecule has 0 spiro atoms. The highest BCUT2D eigenvalue weighted by Gasteiger charge is 2.19. The molecular formula is C21H36N4O2. The first kappa shape index (κ1) is 21.5. The van der Waals surface area contributed by atoms with Crippen molar-refractivity contribution in [2.45, 2.75) is 26.3 Å². The van der Waals surface area contributed by atoms with E-state index in [0.29, 0.717) is 12.5 Å². The largest absolute Gasteiger partial charge is 0.494 e. The molecule has 1 aromatic carbocycles. The molecule has 1 aromatic rings.